The molecule has 0 bridgehead atoms. The van der Waals surface area contributed by atoms with Crippen LogP contribution in [0.3, 0.4) is 0 Å². The first-order chi connectivity index (χ1) is 9.64. The fourth-order valence-corrected chi connectivity index (χ4v) is 1.57. The van der Waals surface area contributed by atoms with E-state index >= 15 is 0 Å². The van der Waals surface area contributed by atoms with Crippen LogP contribution in [0.15, 0.2) is 18.2 Å². The van der Waals surface area contributed by atoms with Crippen LogP contribution in [0.4, 0.5) is 10.5 Å². The number of nitrogens with one attached hydrogen (secondary N) is 1. The number of methoxy groups -OCH3 is 1. The first-order valence-electron chi connectivity index (χ1n) is 6.30. The van der Waals surface area contributed by atoms with Gasteiger partial charge in [0, 0.05) is 0 Å². The maximum Gasteiger partial charge on any atom is 0.412 e. The summed E-state index contributed by atoms with van der Waals surface area (Å²) in [4.78, 5) is 22.7. The molecule has 7 heteroatoms. The molecule has 21 heavy (non-hydrogen) atoms. The van der Waals surface area contributed by atoms with E-state index in [1.807, 2.05) is 0 Å². The van der Waals surface area contributed by atoms with Gasteiger partial charge in [-0.05, 0) is 38.5 Å². The van der Waals surface area contributed by atoms with Gasteiger partial charge in [0.15, 0.2) is 0 Å². The number of hydrogen-bond acceptors (Lipinski definition) is 5. The fraction of sp³-hybridized carbons (Fsp3) is 0.429. The van der Waals surface area contributed by atoms with Gasteiger partial charge < -0.3 is 20.3 Å². The van der Waals surface area contributed by atoms with E-state index in [0.717, 1.165) is 0 Å². The van der Waals surface area contributed by atoms with Crippen molar-refractivity contribution in [3.8, 4) is 5.75 Å². The van der Waals surface area contributed by atoms with Crippen LogP contribution in [0.25, 0.3) is 0 Å². The third-order valence-electron chi connectivity index (χ3n) is 2.48. The number of carboxylic acids is 1. The van der Waals surface area contributed by atoms with Crippen molar-refractivity contribution in [2.45, 2.75) is 32.4 Å². The van der Waals surface area contributed by atoms with E-state index in [9.17, 15) is 9.59 Å². The number of carboxylic acid groups (broad SMARTS) is 1. The summed E-state index contributed by atoms with van der Waals surface area (Å²) in [5, 5.41) is 11.4. The van der Waals surface area contributed by atoms with Crippen molar-refractivity contribution in [1.82, 2.24) is 0 Å². The third kappa shape index (κ3) is 4.96. The van der Waals surface area contributed by atoms with Crippen LogP contribution < -0.4 is 15.8 Å². The van der Waals surface area contributed by atoms with Gasteiger partial charge >= 0.3 is 12.1 Å². The van der Waals surface area contributed by atoms with Gasteiger partial charge in [-0.15, -0.1) is 0 Å². The van der Waals surface area contributed by atoms with Crippen LogP contribution >= 0.6 is 0 Å². The van der Waals surface area contributed by atoms with Crippen molar-refractivity contribution in [2.24, 2.45) is 5.73 Å². The van der Waals surface area contributed by atoms with Gasteiger partial charge in [-0.1, -0.05) is 6.07 Å². The van der Waals surface area contributed by atoms with Crippen molar-refractivity contribution in [3.63, 3.8) is 0 Å². The lowest BCUT2D eigenvalue weighted by Crippen LogP contribution is -2.27. The molecule has 0 fully saturated rings. The van der Waals surface area contributed by atoms with Gasteiger partial charge in [0.25, 0.3) is 0 Å². The standard InChI is InChI=1S/C14H20N2O5/c1-14(2,3)21-13(19)16-9-7-8(11(15)12(17)18)5-6-10(9)20-4/h5-7,11H,15H2,1-4H3,(H,16,19)(H,17,18). The molecule has 0 saturated carbocycles. The van der Waals surface area contributed by atoms with E-state index in [-0.39, 0.29) is 0 Å². The van der Waals surface area contributed by atoms with Gasteiger partial charge in [-0.2, -0.15) is 0 Å². The maximum absolute atomic E-state index is 11.8. The highest BCUT2D eigenvalue weighted by molar-refractivity contribution is 5.87. The number of nitrogens with two attached hydrogens (primary N) is 1. The zero-order valence-corrected chi connectivity index (χ0v) is 12.5. The predicted octanol–water partition coefficient (Wildman–Crippen LogP) is 2.13. The van der Waals surface area contributed by atoms with E-state index in [4.69, 9.17) is 20.3 Å². The Labute approximate surface area is 123 Å². The van der Waals surface area contributed by atoms with E-state index in [2.05, 4.69) is 5.32 Å². The molecule has 0 saturated heterocycles. The Balaban J connectivity index is 3.01. The number of benzene rings is 1. The summed E-state index contributed by atoms with van der Waals surface area (Å²) in [7, 11) is 1.44. The smallest absolute Gasteiger partial charge is 0.412 e. The quantitative estimate of drug-likeness (QED) is 0.785. The molecule has 1 amide bonds. The summed E-state index contributed by atoms with van der Waals surface area (Å²) in [6.45, 7) is 5.21. The monoisotopic (exact) mass is 296 g/mol. The second kappa shape index (κ2) is 6.45. The number of amides is 1. The summed E-state index contributed by atoms with van der Waals surface area (Å²) in [5.41, 5.74) is 5.53. The van der Waals surface area contributed by atoms with Gasteiger partial charge in [0.05, 0.1) is 12.8 Å². The van der Waals surface area contributed by atoms with Gasteiger partial charge in [-0.3, -0.25) is 10.1 Å². The first-order valence-corrected chi connectivity index (χ1v) is 6.30. The Bertz CT molecular complexity index is 537. The zero-order valence-electron chi connectivity index (χ0n) is 12.5. The first kappa shape index (κ1) is 16.8. The number of rotatable bonds is 4. The largest absolute Gasteiger partial charge is 0.495 e. The van der Waals surface area contributed by atoms with Crippen LogP contribution in [0.5, 0.6) is 5.75 Å². The minimum atomic E-state index is -1.19. The Hall–Kier alpha value is -2.28. The van der Waals surface area contributed by atoms with E-state index in [1.165, 1.54) is 25.3 Å². The van der Waals surface area contributed by atoms with Crippen molar-refractivity contribution in [2.75, 3.05) is 12.4 Å². The number of ether oxygens (including phenoxy) is 2. The minimum Gasteiger partial charge on any atom is -0.495 e. The number of hydrogen-bond donors (Lipinski definition) is 3. The summed E-state index contributed by atoms with van der Waals surface area (Å²) in [5.74, 6) is -0.786. The molecule has 0 spiro atoms. The van der Waals surface area contributed by atoms with Crippen LogP contribution in [0, 0.1) is 0 Å². The summed E-state index contributed by atoms with van der Waals surface area (Å²) < 4.78 is 10.2. The lowest BCUT2D eigenvalue weighted by molar-refractivity contribution is -0.138. The summed E-state index contributed by atoms with van der Waals surface area (Å²) in [6, 6.07) is 3.32. The van der Waals surface area contributed by atoms with Crippen molar-refractivity contribution >= 4 is 17.7 Å². The molecule has 4 N–H and O–H groups in total. The molecule has 0 heterocycles. The minimum absolute atomic E-state index is 0.293. The van der Waals surface area contributed by atoms with Crippen LogP contribution in [0.2, 0.25) is 0 Å². The molecule has 1 rings (SSSR count). The molecular weight excluding hydrogens is 276 g/mol. The molecule has 1 aromatic carbocycles. The van der Waals surface area contributed by atoms with Crippen molar-refractivity contribution < 1.29 is 24.2 Å². The molecule has 0 aliphatic carbocycles. The highest BCUT2D eigenvalue weighted by Gasteiger charge is 2.20. The normalized spacial score (nSPS) is 12.4. The maximum atomic E-state index is 11.8. The molecule has 1 unspecified atom stereocenters. The second-order valence-electron chi connectivity index (χ2n) is 5.40. The van der Waals surface area contributed by atoms with Crippen LogP contribution in [-0.4, -0.2) is 29.9 Å². The van der Waals surface area contributed by atoms with Crippen LogP contribution in [-0.2, 0) is 9.53 Å². The SMILES string of the molecule is COc1ccc(C(N)C(=O)O)cc1NC(=O)OC(C)(C)C. The summed E-state index contributed by atoms with van der Waals surface area (Å²) >= 11 is 0. The van der Waals surface area contributed by atoms with E-state index in [0.29, 0.717) is 17.0 Å². The van der Waals surface area contributed by atoms with Crippen molar-refractivity contribution in [3.05, 3.63) is 23.8 Å². The molecule has 1 aromatic rings. The number of carbonyl (C=O) groups is 2. The van der Waals surface area contributed by atoms with E-state index in [1.54, 1.807) is 20.8 Å². The van der Waals surface area contributed by atoms with Gasteiger partial charge in [0.1, 0.15) is 17.4 Å². The zero-order chi connectivity index (χ0) is 16.2. The molecule has 7 nitrogen and oxygen atoms in total. The molecule has 0 aliphatic rings. The Morgan fingerprint density at radius 3 is 2.43 bits per heavy atom. The summed E-state index contributed by atoms with van der Waals surface area (Å²) in [6.07, 6.45) is -0.665. The third-order valence-corrected chi connectivity index (χ3v) is 2.48. The fourth-order valence-electron chi connectivity index (χ4n) is 1.57. The Morgan fingerprint density at radius 2 is 1.95 bits per heavy atom. The number of carbonyl (C=O) groups excluding carboxylic acids is 1. The Kier molecular flexibility index (Phi) is 5.15. The highest BCUT2D eigenvalue weighted by atomic mass is 16.6. The lowest BCUT2D eigenvalue weighted by Gasteiger charge is -2.20. The molecule has 1 atom stereocenters. The highest BCUT2D eigenvalue weighted by Crippen LogP contribution is 2.28. The molecular formula is C14H20N2O5. The van der Waals surface area contributed by atoms with Gasteiger partial charge in [-0.25, -0.2) is 4.79 Å². The topological polar surface area (TPSA) is 111 Å². The molecule has 116 valence electrons. The second-order valence-corrected chi connectivity index (χ2v) is 5.40. The average molecular weight is 296 g/mol. The lowest BCUT2D eigenvalue weighted by atomic mass is 10.1. The number of anilines is 1. The Morgan fingerprint density at radius 1 is 1.33 bits per heavy atom. The average Bonchev–Trinajstić information content (AvgIpc) is 2.35. The number of aliphatic carboxylic acids is 1. The van der Waals surface area contributed by atoms with Crippen molar-refractivity contribution in [1.29, 1.82) is 0 Å². The molecule has 0 radical (unpaired) electrons. The van der Waals surface area contributed by atoms with Crippen LogP contribution in [0.1, 0.15) is 32.4 Å². The predicted molar refractivity (Wildman–Crippen MR) is 77.4 cm³/mol. The van der Waals surface area contributed by atoms with Gasteiger partial charge in [0.2, 0.25) is 0 Å². The van der Waals surface area contributed by atoms with E-state index < -0.39 is 23.7 Å². The molecule has 0 aromatic heterocycles. The molecule has 0 aliphatic heterocycles.